The number of rotatable bonds is 6. The molecule has 1 heterocycles. The highest BCUT2D eigenvalue weighted by Crippen LogP contribution is 2.40. The first-order chi connectivity index (χ1) is 13.9. The molecule has 0 spiro atoms. The van der Waals surface area contributed by atoms with Crippen molar-refractivity contribution in [2.75, 3.05) is 7.11 Å². The summed E-state index contributed by atoms with van der Waals surface area (Å²) in [6.45, 7) is 0.398. The van der Waals surface area contributed by atoms with Crippen molar-refractivity contribution in [2.45, 2.75) is 50.3 Å². The minimum Gasteiger partial charge on any atom is -0.496 e. The molecule has 4 rings (SSSR count). The topological polar surface area (TPSA) is 42.5 Å². The molecular formula is C22H25F3N2O2. The first kappa shape index (κ1) is 20.0. The Hall–Kier alpha value is -2.25. The zero-order valence-corrected chi connectivity index (χ0v) is 16.2. The summed E-state index contributed by atoms with van der Waals surface area (Å²) in [6.07, 6.45) is -1.30. The molecule has 2 aromatic rings. The van der Waals surface area contributed by atoms with E-state index in [0.717, 1.165) is 19.3 Å². The number of piperidine rings is 1. The van der Waals surface area contributed by atoms with Crippen LogP contribution in [0, 0.1) is 5.92 Å². The van der Waals surface area contributed by atoms with Crippen LogP contribution in [0.15, 0.2) is 48.5 Å². The molecule has 1 aliphatic heterocycles. The third kappa shape index (κ3) is 4.67. The van der Waals surface area contributed by atoms with Gasteiger partial charge in [0.2, 0.25) is 0 Å². The lowest BCUT2D eigenvalue weighted by Gasteiger charge is -2.39. The van der Waals surface area contributed by atoms with Gasteiger partial charge in [0.1, 0.15) is 11.5 Å². The standard InChI is InChI=1S/C22H25F3N2O2/c1-28-19-10-9-18(29-22(23,24)25)12-16(19)13-26-20-15-7-8-17(11-15)27-21(20)14-5-3-2-4-6-14/h2-6,9-10,12,15,17,20-21,26-27H,7-8,11,13H2,1H3. The van der Waals surface area contributed by atoms with Crippen LogP contribution in [0.4, 0.5) is 13.2 Å². The Morgan fingerprint density at radius 2 is 1.90 bits per heavy atom. The highest BCUT2D eigenvalue weighted by atomic mass is 19.4. The molecule has 2 aliphatic rings. The third-order valence-corrected chi connectivity index (χ3v) is 5.93. The van der Waals surface area contributed by atoms with E-state index >= 15 is 0 Å². The molecule has 2 N–H and O–H groups in total. The van der Waals surface area contributed by atoms with E-state index in [2.05, 4.69) is 27.5 Å². The fourth-order valence-corrected chi connectivity index (χ4v) is 4.69. The maximum absolute atomic E-state index is 12.6. The van der Waals surface area contributed by atoms with Gasteiger partial charge in [0.15, 0.2) is 0 Å². The number of methoxy groups -OCH3 is 1. The molecule has 29 heavy (non-hydrogen) atoms. The molecule has 0 aromatic heterocycles. The number of alkyl halides is 3. The van der Waals surface area contributed by atoms with Crippen LogP contribution in [-0.2, 0) is 6.54 Å². The molecule has 4 nitrogen and oxygen atoms in total. The maximum atomic E-state index is 12.6. The van der Waals surface area contributed by atoms with Gasteiger partial charge in [-0.15, -0.1) is 13.2 Å². The van der Waals surface area contributed by atoms with Gasteiger partial charge in [-0.1, -0.05) is 30.3 Å². The van der Waals surface area contributed by atoms with Gasteiger partial charge in [0.25, 0.3) is 0 Å². The van der Waals surface area contributed by atoms with Crippen LogP contribution in [0.5, 0.6) is 11.5 Å². The van der Waals surface area contributed by atoms with Gasteiger partial charge in [-0.05, 0) is 48.9 Å². The van der Waals surface area contributed by atoms with E-state index in [1.807, 2.05) is 18.2 Å². The highest BCUT2D eigenvalue weighted by Gasteiger charge is 2.41. The van der Waals surface area contributed by atoms with Crippen molar-refractivity contribution in [2.24, 2.45) is 5.92 Å². The van der Waals surface area contributed by atoms with Crippen LogP contribution in [-0.4, -0.2) is 25.6 Å². The predicted molar refractivity (Wildman–Crippen MR) is 104 cm³/mol. The second-order valence-corrected chi connectivity index (χ2v) is 7.75. The summed E-state index contributed by atoms with van der Waals surface area (Å²) in [7, 11) is 1.51. The number of hydrogen-bond donors (Lipinski definition) is 2. The maximum Gasteiger partial charge on any atom is 0.573 e. The molecule has 1 aliphatic carbocycles. The van der Waals surface area contributed by atoms with Crippen molar-refractivity contribution in [3.8, 4) is 11.5 Å². The molecule has 2 fully saturated rings. The van der Waals surface area contributed by atoms with E-state index in [1.165, 1.54) is 30.9 Å². The Labute approximate surface area is 168 Å². The lowest BCUT2D eigenvalue weighted by molar-refractivity contribution is -0.274. The van der Waals surface area contributed by atoms with Crippen molar-refractivity contribution in [1.29, 1.82) is 0 Å². The summed E-state index contributed by atoms with van der Waals surface area (Å²) < 4.78 is 47.2. The van der Waals surface area contributed by atoms with Crippen LogP contribution >= 0.6 is 0 Å². The van der Waals surface area contributed by atoms with Crippen LogP contribution in [0.3, 0.4) is 0 Å². The van der Waals surface area contributed by atoms with Crippen molar-refractivity contribution in [3.05, 3.63) is 59.7 Å². The number of halogens is 3. The van der Waals surface area contributed by atoms with Crippen molar-refractivity contribution in [1.82, 2.24) is 10.6 Å². The zero-order chi connectivity index (χ0) is 20.4. The zero-order valence-electron chi connectivity index (χ0n) is 16.2. The Kier molecular flexibility index (Phi) is 5.69. The predicted octanol–water partition coefficient (Wildman–Crippen LogP) is 4.57. The second kappa shape index (κ2) is 8.24. The SMILES string of the molecule is COc1ccc(OC(F)(F)F)cc1CNC1C2CCC(C2)NC1c1ccccc1. The third-order valence-electron chi connectivity index (χ3n) is 5.93. The van der Waals surface area contributed by atoms with E-state index in [1.54, 1.807) is 0 Å². The van der Waals surface area contributed by atoms with E-state index in [9.17, 15) is 13.2 Å². The normalized spacial score (nSPS) is 26.3. The molecule has 4 unspecified atom stereocenters. The number of hydrogen-bond acceptors (Lipinski definition) is 4. The molecule has 156 valence electrons. The fourth-order valence-electron chi connectivity index (χ4n) is 4.69. The van der Waals surface area contributed by atoms with Crippen LogP contribution < -0.4 is 20.1 Å². The number of fused-ring (bicyclic) bond motifs is 2. The Morgan fingerprint density at radius 1 is 1.10 bits per heavy atom. The summed E-state index contributed by atoms with van der Waals surface area (Å²) >= 11 is 0. The number of ether oxygens (including phenoxy) is 2. The van der Waals surface area contributed by atoms with E-state index in [0.29, 0.717) is 29.8 Å². The van der Waals surface area contributed by atoms with Crippen LogP contribution in [0.2, 0.25) is 0 Å². The van der Waals surface area contributed by atoms with Gasteiger partial charge in [-0.2, -0.15) is 0 Å². The van der Waals surface area contributed by atoms with Gasteiger partial charge in [0, 0.05) is 30.2 Å². The molecule has 2 aromatic carbocycles. The molecular weight excluding hydrogens is 381 g/mol. The van der Waals surface area contributed by atoms with E-state index < -0.39 is 6.36 Å². The quantitative estimate of drug-likeness (QED) is 0.738. The minimum absolute atomic E-state index is 0.169. The summed E-state index contributed by atoms with van der Waals surface area (Å²) in [6, 6.07) is 15.4. The summed E-state index contributed by atoms with van der Waals surface area (Å²) in [5.74, 6) is 0.834. The van der Waals surface area contributed by atoms with Crippen molar-refractivity contribution >= 4 is 0 Å². The Balaban J connectivity index is 1.54. The van der Waals surface area contributed by atoms with Gasteiger partial charge in [-0.3, -0.25) is 0 Å². The summed E-state index contributed by atoms with van der Waals surface area (Å²) in [5.41, 5.74) is 1.86. The lowest BCUT2D eigenvalue weighted by atomic mass is 9.84. The smallest absolute Gasteiger partial charge is 0.496 e. The van der Waals surface area contributed by atoms with Gasteiger partial charge in [0.05, 0.1) is 7.11 Å². The lowest BCUT2D eigenvalue weighted by Crippen LogP contribution is -2.51. The summed E-state index contributed by atoms with van der Waals surface area (Å²) in [4.78, 5) is 0. The monoisotopic (exact) mass is 406 g/mol. The second-order valence-electron chi connectivity index (χ2n) is 7.75. The number of benzene rings is 2. The molecule has 2 bridgehead atoms. The first-order valence-corrected chi connectivity index (χ1v) is 9.90. The highest BCUT2D eigenvalue weighted by molar-refractivity contribution is 5.40. The first-order valence-electron chi connectivity index (χ1n) is 9.90. The molecule has 1 saturated carbocycles. The van der Waals surface area contributed by atoms with Gasteiger partial charge >= 0.3 is 6.36 Å². The molecule has 4 atom stereocenters. The molecule has 1 saturated heterocycles. The van der Waals surface area contributed by atoms with Crippen molar-refractivity contribution in [3.63, 3.8) is 0 Å². The largest absolute Gasteiger partial charge is 0.573 e. The molecule has 0 radical (unpaired) electrons. The summed E-state index contributed by atoms with van der Waals surface area (Å²) in [5, 5.41) is 7.35. The molecule has 0 amide bonds. The minimum atomic E-state index is -4.72. The van der Waals surface area contributed by atoms with Crippen LogP contribution in [0.25, 0.3) is 0 Å². The Bertz CT molecular complexity index is 829. The Morgan fingerprint density at radius 3 is 2.62 bits per heavy atom. The average Bonchev–Trinajstić information content (AvgIpc) is 3.08. The van der Waals surface area contributed by atoms with Crippen LogP contribution in [0.1, 0.15) is 36.4 Å². The molecule has 7 heteroatoms. The van der Waals surface area contributed by atoms with E-state index in [4.69, 9.17) is 4.74 Å². The fraction of sp³-hybridized carbons (Fsp3) is 0.455. The number of nitrogens with one attached hydrogen (secondary N) is 2. The van der Waals surface area contributed by atoms with Crippen molar-refractivity contribution < 1.29 is 22.6 Å². The average molecular weight is 406 g/mol. The van der Waals surface area contributed by atoms with E-state index in [-0.39, 0.29) is 17.8 Å². The van der Waals surface area contributed by atoms with Gasteiger partial charge < -0.3 is 20.1 Å². The van der Waals surface area contributed by atoms with Gasteiger partial charge in [-0.25, -0.2) is 0 Å².